The molecule has 0 aliphatic heterocycles. The van der Waals surface area contributed by atoms with Gasteiger partial charge in [-0.2, -0.15) is 0 Å². The van der Waals surface area contributed by atoms with E-state index in [1.807, 2.05) is 30.3 Å². The van der Waals surface area contributed by atoms with E-state index < -0.39 is 10.0 Å². The highest BCUT2D eigenvalue weighted by atomic mass is 32.2. The van der Waals surface area contributed by atoms with Crippen LogP contribution in [0.3, 0.4) is 0 Å². The lowest BCUT2D eigenvalue weighted by Crippen LogP contribution is -2.41. The zero-order valence-corrected chi connectivity index (χ0v) is 11.6. The molecule has 1 aliphatic rings. The lowest BCUT2D eigenvalue weighted by molar-refractivity contribution is 0.310. The summed E-state index contributed by atoms with van der Waals surface area (Å²) in [5.74, 6) is 0.529. The van der Waals surface area contributed by atoms with Gasteiger partial charge in [0.1, 0.15) is 0 Å². The summed E-state index contributed by atoms with van der Waals surface area (Å²) in [6, 6.07) is 9.45. The molecule has 2 atom stereocenters. The minimum absolute atomic E-state index is 0.0804. The van der Waals surface area contributed by atoms with Crippen molar-refractivity contribution in [3.05, 3.63) is 35.9 Å². The van der Waals surface area contributed by atoms with Gasteiger partial charge in [-0.25, -0.2) is 13.1 Å². The standard InChI is InChI=1S/C14H21NO2S/c1-12-7-5-6-10-14(12)15-18(16,17)11-13-8-3-2-4-9-13/h2-4,8-9,12,14-15H,5-7,10-11H2,1H3/t12-,14+/m1/s1. The van der Waals surface area contributed by atoms with E-state index in [2.05, 4.69) is 11.6 Å². The molecular weight excluding hydrogens is 246 g/mol. The number of hydrogen-bond acceptors (Lipinski definition) is 2. The molecule has 4 heteroatoms. The first-order chi connectivity index (χ1) is 8.57. The molecule has 0 unspecified atom stereocenters. The summed E-state index contributed by atoms with van der Waals surface area (Å²) in [6.45, 7) is 2.13. The van der Waals surface area contributed by atoms with E-state index in [4.69, 9.17) is 0 Å². The predicted molar refractivity (Wildman–Crippen MR) is 73.6 cm³/mol. The smallest absolute Gasteiger partial charge is 0.212 e. The van der Waals surface area contributed by atoms with Crippen LogP contribution >= 0.6 is 0 Å². The number of nitrogens with one attached hydrogen (secondary N) is 1. The maximum atomic E-state index is 12.1. The molecule has 1 aromatic carbocycles. The van der Waals surface area contributed by atoms with Crippen molar-refractivity contribution in [3.8, 4) is 0 Å². The lowest BCUT2D eigenvalue weighted by Gasteiger charge is -2.29. The zero-order chi connectivity index (χ0) is 13.0. The van der Waals surface area contributed by atoms with Crippen LogP contribution in [0.1, 0.15) is 38.2 Å². The number of hydrogen-bond donors (Lipinski definition) is 1. The molecule has 18 heavy (non-hydrogen) atoms. The summed E-state index contributed by atoms with van der Waals surface area (Å²) in [5, 5.41) is 0. The third kappa shape index (κ3) is 3.82. The average Bonchev–Trinajstić information content (AvgIpc) is 2.32. The van der Waals surface area contributed by atoms with Crippen molar-refractivity contribution in [2.45, 2.75) is 44.4 Å². The van der Waals surface area contributed by atoms with Crippen molar-refractivity contribution >= 4 is 10.0 Å². The van der Waals surface area contributed by atoms with Gasteiger partial charge in [0.15, 0.2) is 0 Å². The van der Waals surface area contributed by atoms with Crippen LogP contribution < -0.4 is 4.72 Å². The second-order valence-corrected chi connectivity index (χ2v) is 6.98. The van der Waals surface area contributed by atoms with Crippen molar-refractivity contribution in [3.63, 3.8) is 0 Å². The van der Waals surface area contributed by atoms with Gasteiger partial charge in [0, 0.05) is 6.04 Å². The van der Waals surface area contributed by atoms with Crippen LogP contribution in [0.25, 0.3) is 0 Å². The Kier molecular flexibility index (Phi) is 4.40. The Hall–Kier alpha value is -0.870. The fourth-order valence-electron chi connectivity index (χ4n) is 2.56. The molecule has 0 radical (unpaired) electrons. The van der Waals surface area contributed by atoms with Crippen molar-refractivity contribution in [1.82, 2.24) is 4.72 Å². The van der Waals surface area contributed by atoms with E-state index in [0.29, 0.717) is 5.92 Å². The number of benzene rings is 1. The summed E-state index contributed by atoms with van der Waals surface area (Å²) in [7, 11) is -3.22. The van der Waals surface area contributed by atoms with Gasteiger partial charge in [0.2, 0.25) is 10.0 Å². The molecule has 1 fully saturated rings. The van der Waals surface area contributed by atoms with Crippen molar-refractivity contribution < 1.29 is 8.42 Å². The molecule has 1 saturated carbocycles. The molecule has 0 aromatic heterocycles. The quantitative estimate of drug-likeness (QED) is 0.911. The molecule has 0 heterocycles. The van der Waals surface area contributed by atoms with Crippen LogP contribution in [0.5, 0.6) is 0 Å². The number of sulfonamides is 1. The first-order valence-corrected chi connectivity index (χ1v) is 8.26. The zero-order valence-electron chi connectivity index (χ0n) is 10.8. The predicted octanol–water partition coefficient (Wildman–Crippen LogP) is 2.68. The normalized spacial score (nSPS) is 24.9. The fourth-order valence-corrected chi connectivity index (χ4v) is 4.08. The Labute approximate surface area is 110 Å². The molecule has 3 nitrogen and oxygen atoms in total. The molecule has 1 aromatic rings. The van der Waals surface area contributed by atoms with Crippen molar-refractivity contribution in [2.75, 3.05) is 0 Å². The third-order valence-corrected chi connectivity index (χ3v) is 5.02. The van der Waals surface area contributed by atoms with Gasteiger partial charge < -0.3 is 0 Å². The molecule has 0 bridgehead atoms. The van der Waals surface area contributed by atoms with Crippen LogP contribution in [0, 0.1) is 5.92 Å². The molecule has 1 N–H and O–H groups in total. The highest BCUT2D eigenvalue weighted by Gasteiger charge is 2.25. The van der Waals surface area contributed by atoms with Crippen LogP contribution in [0.15, 0.2) is 30.3 Å². The van der Waals surface area contributed by atoms with Gasteiger partial charge in [-0.3, -0.25) is 0 Å². The van der Waals surface area contributed by atoms with Gasteiger partial charge in [-0.15, -0.1) is 0 Å². The van der Waals surface area contributed by atoms with Crippen LogP contribution in [-0.2, 0) is 15.8 Å². The molecule has 100 valence electrons. The van der Waals surface area contributed by atoms with Crippen LogP contribution in [0.2, 0.25) is 0 Å². The van der Waals surface area contributed by atoms with Gasteiger partial charge in [-0.1, -0.05) is 50.1 Å². The largest absolute Gasteiger partial charge is 0.216 e. The molecule has 1 aliphatic carbocycles. The SMILES string of the molecule is C[C@@H]1CCCC[C@@H]1NS(=O)(=O)Cc1ccccc1. The highest BCUT2D eigenvalue weighted by Crippen LogP contribution is 2.24. The van der Waals surface area contributed by atoms with E-state index in [1.165, 1.54) is 6.42 Å². The molecule has 2 rings (SSSR count). The summed E-state index contributed by atoms with van der Waals surface area (Å²) in [6.07, 6.45) is 4.44. The fraction of sp³-hybridized carbons (Fsp3) is 0.571. The van der Waals surface area contributed by atoms with E-state index in [-0.39, 0.29) is 11.8 Å². The summed E-state index contributed by atoms with van der Waals surface area (Å²) < 4.78 is 27.1. The summed E-state index contributed by atoms with van der Waals surface area (Å²) in [4.78, 5) is 0. The van der Waals surface area contributed by atoms with Crippen molar-refractivity contribution in [2.24, 2.45) is 5.92 Å². The lowest BCUT2D eigenvalue weighted by atomic mass is 9.87. The minimum atomic E-state index is -3.22. The third-order valence-electron chi connectivity index (χ3n) is 3.64. The summed E-state index contributed by atoms with van der Waals surface area (Å²) in [5.41, 5.74) is 0.841. The maximum Gasteiger partial charge on any atom is 0.216 e. The van der Waals surface area contributed by atoms with Crippen LogP contribution in [0.4, 0.5) is 0 Å². The molecule has 0 saturated heterocycles. The van der Waals surface area contributed by atoms with E-state index in [0.717, 1.165) is 24.8 Å². The second-order valence-electron chi connectivity index (χ2n) is 5.23. The summed E-state index contributed by atoms with van der Waals surface area (Å²) >= 11 is 0. The van der Waals surface area contributed by atoms with Gasteiger partial charge >= 0.3 is 0 Å². The Bertz CT molecular complexity index is 470. The minimum Gasteiger partial charge on any atom is -0.212 e. The van der Waals surface area contributed by atoms with Gasteiger partial charge in [-0.05, 0) is 24.3 Å². The average molecular weight is 267 g/mol. The van der Waals surface area contributed by atoms with E-state index >= 15 is 0 Å². The van der Waals surface area contributed by atoms with Gasteiger partial charge in [0.25, 0.3) is 0 Å². The Morgan fingerprint density at radius 1 is 1.17 bits per heavy atom. The Morgan fingerprint density at radius 3 is 2.50 bits per heavy atom. The van der Waals surface area contributed by atoms with Crippen molar-refractivity contribution in [1.29, 1.82) is 0 Å². The molecule has 0 spiro atoms. The second kappa shape index (κ2) is 5.85. The molecule has 0 amide bonds. The van der Waals surface area contributed by atoms with Crippen LogP contribution in [-0.4, -0.2) is 14.5 Å². The highest BCUT2D eigenvalue weighted by molar-refractivity contribution is 7.88. The Morgan fingerprint density at radius 2 is 1.83 bits per heavy atom. The molecular formula is C14H21NO2S. The maximum absolute atomic E-state index is 12.1. The first kappa shape index (κ1) is 13.6. The monoisotopic (exact) mass is 267 g/mol. The Balaban J connectivity index is 1.99. The topological polar surface area (TPSA) is 46.2 Å². The number of rotatable bonds is 4. The van der Waals surface area contributed by atoms with E-state index in [1.54, 1.807) is 0 Å². The van der Waals surface area contributed by atoms with E-state index in [9.17, 15) is 8.42 Å². The van der Waals surface area contributed by atoms with Gasteiger partial charge in [0.05, 0.1) is 5.75 Å². The first-order valence-electron chi connectivity index (χ1n) is 6.61.